The number of nitrogens with one attached hydrogen (secondary N) is 1. The average molecular weight is 405 g/mol. The molecule has 0 unspecified atom stereocenters. The number of fused-ring (bicyclic) bond motifs is 1. The van der Waals surface area contributed by atoms with Crippen LogP contribution in [-0.2, 0) is 4.79 Å². The van der Waals surface area contributed by atoms with Gasteiger partial charge < -0.3 is 4.90 Å². The van der Waals surface area contributed by atoms with E-state index in [1.165, 1.54) is 22.3 Å². The van der Waals surface area contributed by atoms with Crippen LogP contribution in [0.1, 0.15) is 18.7 Å². The number of anilines is 1. The number of para-hydroxylation sites is 1. The molecule has 27 heavy (non-hydrogen) atoms. The highest BCUT2D eigenvalue weighted by Crippen LogP contribution is 2.30. The number of carbonyl (C=O) groups excluding carboxylic acids is 1. The van der Waals surface area contributed by atoms with Gasteiger partial charge in [0.2, 0.25) is 0 Å². The lowest BCUT2D eigenvalue weighted by Gasteiger charge is -2.21. The molecule has 1 N–H and O–H groups in total. The third kappa shape index (κ3) is 4.80. The van der Waals surface area contributed by atoms with Gasteiger partial charge in [-0.25, -0.2) is 9.37 Å². The largest absolute Gasteiger partial charge is 0.334 e. The SMILES string of the molecule is CC[NH+](CC)CCN(C(=O)/C=C/c1cccs1)c1nc2c(F)cccc2s1. The van der Waals surface area contributed by atoms with Gasteiger partial charge in [-0.05, 0) is 43.5 Å². The summed E-state index contributed by atoms with van der Waals surface area (Å²) in [7, 11) is 0. The van der Waals surface area contributed by atoms with Gasteiger partial charge in [0.15, 0.2) is 5.13 Å². The lowest BCUT2D eigenvalue weighted by molar-refractivity contribution is -0.894. The summed E-state index contributed by atoms with van der Waals surface area (Å²) in [5.74, 6) is -0.486. The van der Waals surface area contributed by atoms with Crippen molar-refractivity contribution in [1.29, 1.82) is 0 Å². The molecule has 142 valence electrons. The molecule has 0 saturated carbocycles. The summed E-state index contributed by atoms with van der Waals surface area (Å²) in [6, 6.07) is 8.81. The lowest BCUT2D eigenvalue weighted by atomic mass is 10.3. The first kappa shape index (κ1) is 19.7. The van der Waals surface area contributed by atoms with Crippen LogP contribution in [0.3, 0.4) is 0 Å². The quantitative estimate of drug-likeness (QED) is 0.584. The van der Waals surface area contributed by atoms with E-state index < -0.39 is 0 Å². The molecular weight excluding hydrogens is 381 g/mol. The van der Waals surface area contributed by atoms with E-state index >= 15 is 0 Å². The minimum Gasteiger partial charge on any atom is -0.334 e. The minimum atomic E-state index is -0.356. The molecule has 0 radical (unpaired) electrons. The number of carbonyl (C=O) groups is 1. The number of hydrogen-bond acceptors (Lipinski definition) is 4. The van der Waals surface area contributed by atoms with Gasteiger partial charge in [-0.1, -0.05) is 23.5 Å². The highest BCUT2D eigenvalue weighted by Gasteiger charge is 2.20. The molecule has 4 nitrogen and oxygen atoms in total. The van der Waals surface area contributed by atoms with E-state index in [4.69, 9.17) is 0 Å². The summed E-state index contributed by atoms with van der Waals surface area (Å²) in [5.41, 5.74) is 0.327. The maximum atomic E-state index is 14.0. The van der Waals surface area contributed by atoms with Crippen molar-refractivity contribution in [1.82, 2.24) is 4.98 Å². The molecule has 0 atom stereocenters. The van der Waals surface area contributed by atoms with Crippen LogP contribution in [0.15, 0.2) is 41.8 Å². The highest BCUT2D eigenvalue weighted by molar-refractivity contribution is 7.22. The molecule has 2 heterocycles. The molecule has 0 saturated heterocycles. The fourth-order valence-electron chi connectivity index (χ4n) is 2.82. The third-order valence-corrected chi connectivity index (χ3v) is 6.36. The molecule has 7 heteroatoms. The number of likely N-dealkylation sites (N-methyl/N-ethyl adjacent to an activating group) is 1. The van der Waals surface area contributed by atoms with E-state index in [0.29, 0.717) is 17.2 Å². The Balaban J connectivity index is 1.87. The summed E-state index contributed by atoms with van der Waals surface area (Å²) in [4.78, 5) is 21.4. The van der Waals surface area contributed by atoms with Crippen molar-refractivity contribution in [2.45, 2.75) is 13.8 Å². The second-order valence-corrected chi connectivity index (χ2v) is 8.12. The van der Waals surface area contributed by atoms with E-state index in [9.17, 15) is 9.18 Å². The van der Waals surface area contributed by atoms with E-state index in [1.807, 2.05) is 29.7 Å². The molecular formula is C20H23FN3OS2+. The Labute approximate surface area is 166 Å². The van der Waals surface area contributed by atoms with Crippen LogP contribution in [-0.4, -0.2) is 37.1 Å². The van der Waals surface area contributed by atoms with Crippen molar-refractivity contribution in [2.75, 3.05) is 31.1 Å². The third-order valence-electron chi connectivity index (χ3n) is 4.48. The Morgan fingerprint density at radius 2 is 2.07 bits per heavy atom. The van der Waals surface area contributed by atoms with Gasteiger partial charge in [-0.2, -0.15) is 0 Å². The number of halogens is 1. The van der Waals surface area contributed by atoms with E-state index in [2.05, 4.69) is 18.8 Å². The Kier molecular flexibility index (Phi) is 6.71. The maximum Gasteiger partial charge on any atom is 0.253 e. The topological polar surface area (TPSA) is 37.6 Å². The summed E-state index contributed by atoms with van der Waals surface area (Å²) in [6.45, 7) is 7.63. The van der Waals surface area contributed by atoms with E-state index in [1.54, 1.807) is 28.4 Å². The van der Waals surface area contributed by atoms with Crippen LogP contribution in [0.5, 0.6) is 0 Å². The molecule has 2 aromatic heterocycles. The van der Waals surface area contributed by atoms with Gasteiger partial charge in [0.1, 0.15) is 11.3 Å². The summed E-state index contributed by atoms with van der Waals surface area (Å²) < 4.78 is 14.8. The number of hydrogen-bond donors (Lipinski definition) is 1. The first-order valence-corrected chi connectivity index (χ1v) is 10.7. The monoisotopic (exact) mass is 404 g/mol. The molecule has 1 amide bonds. The minimum absolute atomic E-state index is 0.130. The fraction of sp³-hybridized carbons (Fsp3) is 0.300. The van der Waals surface area contributed by atoms with Gasteiger partial charge in [0, 0.05) is 11.0 Å². The van der Waals surface area contributed by atoms with Gasteiger partial charge in [0.05, 0.1) is 30.9 Å². The molecule has 0 aliphatic carbocycles. The van der Waals surface area contributed by atoms with Crippen LogP contribution in [0.2, 0.25) is 0 Å². The van der Waals surface area contributed by atoms with Gasteiger partial charge in [-0.15, -0.1) is 11.3 Å². The second kappa shape index (κ2) is 9.21. The Bertz CT molecular complexity index is 917. The van der Waals surface area contributed by atoms with Crippen LogP contribution < -0.4 is 9.80 Å². The molecule has 0 aliphatic rings. The zero-order chi connectivity index (χ0) is 19.2. The number of thiazole rings is 1. The van der Waals surface area contributed by atoms with Crippen LogP contribution >= 0.6 is 22.7 Å². The van der Waals surface area contributed by atoms with Crippen molar-refractivity contribution in [2.24, 2.45) is 0 Å². The van der Waals surface area contributed by atoms with Gasteiger partial charge in [-0.3, -0.25) is 9.69 Å². The van der Waals surface area contributed by atoms with Gasteiger partial charge >= 0.3 is 0 Å². The van der Waals surface area contributed by atoms with Crippen molar-refractivity contribution in [3.63, 3.8) is 0 Å². The van der Waals surface area contributed by atoms with Crippen LogP contribution in [0.4, 0.5) is 9.52 Å². The predicted octanol–water partition coefficient (Wildman–Crippen LogP) is 3.47. The zero-order valence-corrected chi connectivity index (χ0v) is 17.1. The van der Waals surface area contributed by atoms with Crippen LogP contribution in [0.25, 0.3) is 16.3 Å². The Hall–Kier alpha value is -2.09. The number of rotatable bonds is 8. The highest BCUT2D eigenvalue weighted by atomic mass is 32.1. The Morgan fingerprint density at radius 1 is 1.26 bits per heavy atom. The molecule has 0 aliphatic heterocycles. The van der Waals surface area contributed by atoms with Crippen molar-refractivity contribution in [3.8, 4) is 0 Å². The fourth-order valence-corrected chi connectivity index (χ4v) is 4.45. The first-order valence-electron chi connectivity index (χ1n) is 9.04. The lowest BCUT2D eigenvalue weighted by Crippen LogP contribution is -3.12. The smallest absolute Gasteiger partial charge is 0.253 e. The van der Waals surface area contributed by atoms with Gasteiger partial charge in [0.25, 0.3) is 5.91 Å². The predicted molar refractivity (Wildman–Crippen MR) is 112 cm³/mol. The average Bonchev–Trinajstić information content (AvgIpc) is 3.33. The number of benzene rings is 1. The molecule has 0 fully saturated rings. The van der Waals surface area contributed by atoms with E-state index in [0.717, 1.165) is 29.2 Å². The molecule has 3 rings (SSSR count). The summed E-state index contributed by atoms with van der Waals surface area (Å²) >= 11 is 2.93. The summed E-state index contributed by atoms with van der Waals surface area (Å²) in [5, 5.41) is 2.52. The standard InChI is InChI=1S/C20H22FN3OS2/c1-3-23(4-2)12-13-24(18(25)11-10-15-7-6-14-26-15)20-22-19-16(21)8-5-9-17(19)27-20/h5-11,14H,3-4,12-13H2,1-2H3/p+1/b11-10+. The van der Waals surface area contributed by atoms with Crippen molar-refractivity contribution >= 4 is 50.0 Å². The number of amides is 1. The molecule has 0 spiro atoms. The molecule has 3 aromatic rings. The van der Waals surface area contributed by atoms with Crippen molar-refractivity contribution < 1.29 is 14.1 Å². The maximum absolute atomic E-state index is 14.0. The second-order valence-electron chi connectivity index (χ2n) is 6.13. The molecule has 1 aromatic carbocycles. The van der Waals surface area contributed by atoms with E-state index in [-0.39, 0.29) is 11.7 Å². The molecule has 0 bridgehead atoms. The van der Waals surface area contributed by atoms with Crippen molar-refractivity contribution in [3.05, 3.63) is 52.5 Å². The number of nitrogens with zero attached hydrogens (tertiary/aromatic N) is 2. The summed E-state index contributed by atoms with van der Waals surface area (Å²) in [6.07, 6.45) is 3.39. The number of aromatic nitrogens is 1. The number of quaternary nitrogens is 1. The zero-order valence-electron chi connectivity index (χ0n) is 15.4. The normalized spacial score (nSPS) is 11.7. The van der Waals surface area contributed by atoms with Crippen LogP contribution in [0, 0.1) is 5.82 Å². The Morgan fingerprint density at radius 3 is 2.74 bits per heavy atom. The number of thiophene rings is 1. The first-order chi connectivity index (χ1) is 13.1.